The highest BCUT2D eigenvalue weighted by Gasteiger charge is 2.68. The van der Waals surface area contributed by atoms with Crippen LogP contribution in [0.1, 0.15) is 38.2 Å². The Morgan fingerprint density at radius 1 is 1.16 bits per heavy atom. The molecule has 6 atom stereocenters. The van der Waals surface area contributed by atoms with E-state index in [1.165, 1.54) is 5.56 Å². The first-order valence-electron chi connectivity index (χ1n) is 12.1. The average molecular weight is 439 g/mol. The fraction of sp³-hybridized carbons (Fsp3) is 0.640. The van der Waals surface area contributed by atoms with Crippen molar-refractivity contribution in [2.75, 3.05) is 26.7 Å². The van der Waals surface area contributed by atoms with Crippen molar-refractivity contribution < 1.29 is 14.4 Å². The van der Waals surface area contributed by atoms with E-state index in [0.29, 0.717) is 13.1 Å². The largest absolute Gasteiger partial charge is 0.343 e. The summed E-state index contributed by atoms with van der Waals surface area (Å²) >= 11 is 0. The summed E-state index contributed by atoms with van der Waals surface area (Å²) in [6, 6.07) is 9.03. The molecule has 4 aliphatic rings. The SMILES string of the molecule is CN[C@@H](C)C(=O)N[C@@H]1C(=O)N2CC3(CCCCC13)[C@H]1CN(CCc3ccccc3)C(=O)[C@H]12. The number of benzene rings is 1. The Balaban J connectivity index is 1.39. The molecule has 3 saturated heterocycles. The van der Waals surface area contributed by atoms with Crippen LogP contribution >= 0.6 is 0 Å². The summed E-state index contributed by atoms with van der Waals surface area (Å²) in [5, 5.41) is 6.02. The molecule has 4 fully saturated rings. The smallest absolute Gasteiger partial charge is 0.246 e. The Morgan fingerprint density at radius 3 is 2.69 bits per heavy atom. The first-order valence-corrected chi connectivity index (χ1v) is 12.1. The van der Waals surface area contributed by atoms with Gasteiger partial charge < -0.3 is 20.4 Å². The van der Waals surface area contributed by atoms with Crippen LogP contribution in [0.25, 0.3) is 0 Å². The maximum absolute atomic E-state index is 13.6. The molecule has 1 saturated carbocycles. The summed E-state index contributed by atoms with van der Waals surface area (Å²) in [6.07, 6.45) is 5.03. The molecular formula is C25H34N4O3. The molecule has 2 N–H and O–H groups in total. The summed E-state index contributed by atoms with van der Waals surface area (Å²) in [7, 11) is 1.75. The number of carbonyl (C=O) groups is 3. The number of amides is 3. The van der Waals surface area contributed by atoms with E-state index in [-0.39, 0.29) is 47.1 Å². The summed E-state index contributed by atoms with van der Waals surface area (Å²) in [4.78, 5) is 43.5. The number of piperidine rings is 1. The van der Waals surface area contributed by atoms with E-state index in [1.807, 2.05) is 28.0 Å². The highest BCUT2D eigenvalue weighted by Crippen LogP contribution is 2.59. The molecule has 3 aliphatic heterocycles. The van der Waals surface area contributed by atoms with Gasteiger partial charge in [0.25, 0.3) is 0 Å². The van der Waals surface area contributed by atoms with Crippen LogP contribution in [0.5, 0.6) is 0 Å². The van der Waals surface area contributed by atoms with Gasteiger partial charge in [0, 0.05) is 31.0 Å². The number of rotatable bonds is 6. The molecule has 2 bridgehead atoms. The van der Waals surface area contributed by atoms with Crippen molar-refractivity contribution in [2.45, 2.75) is 57.2 Å². The number of likely N-dealkylation sites (N-methyl/N-ethyl adjacent to an activating group) is 1. The van der Waals surface area contributed by atoms with E-state index < -0.39 is 6.04 Å². The molecule has 7 nitrogen and oxygen atoms in total. The van der Waals surface area contributed by atoms with Crippen molar-refractivity contribution in [2.24, 2.45) is 17.3 Å². The Kier molecular flexibility index (Phi) is 5.48. The van der Waals surface area contributed by atoms with E-state index in [0.717, 1.165) is 38.6 Å². The van der Waals surface area contributed by atoms with Gasteiger partial charge in [-0.2, -0.15) is 0 Å². The molecule has 5 rings (SSSR count). The van der Waals surface area contributed by atoms with Gasteiger partial charge >= 0.3 is 0 Å². The summed E-state index contributed by atoms with van der Waals surface area (Å²) in [5.74, 6) is 0.176. The Morgan fingerprint density at radius 2 is 1.94 bits per heavy atom. The zero-order chi connectivity index (χ0) is 22.5. The van der Waals surface area contributed by atoms with Crippen LogP contribution in [0, 0.1) is 17.3 Å². The van der Waals surface area contributed by atoms with Gasteiger partial charge in [-0.25, -0.2) is 0 Å². The van der Waals surface area contributed by atoms with E-state index in [1.54, 1.807) is 14.0 Å². The lowest BCUT2D eigenvalue weighted by molar-refractivity contribution is -0.150. The topological polar surface area (TPSA) is 81.8 Å². The maximum Gasteiger partial charge on any atom is 0.246 e. The Bertz CT molecular complexity index is 906. The van der Waals surface area contributed by atoms with E-state index in [4.69, 9.17) is 0 Å². The molecule has 172 valence electrons. The lowest BCUT2D eigenvalue weighted by Crippen LogP contribution is -2.64. The minimum atomic E-state index is -0.511. The lowest BCUT2D eigenvalue weighted by Gasteiger charge is -2.50. The summed E-state index contributed by atoms with van der Waals surface area (Å²) in [5.41, 5.74) is 1.17. The van der Waals surface area contributed by atoms with Gasteiger partial charge in [-0.15, -0.1) is 0 Å². The van der Waals surface area contributed by atoms with Crippen molar-refractivity contribution in [3.63, 3.8) is 0 Å². The van der Waals surface area contributed by atoms with Crippen molar-refractivity contribution in [3.05, 3.63) is 35.9 Å². The van der Waals surface area contributed by atoms with Gasteiger partial charge in [-0.1, -0.05) is 43.2 Å². The first-order chi connectivity index (χ1) is 15.5. The molecule has 1 aromatic carbocycles. The maximum atomic E-state index is 13.6. The molecule has 1 aliphatic carbocycles. The number of hydrogen-bond donors (Lipinski definition) is 2. The molecule has 2 unspecified atom stereocenters. The minimum Gasteiger partial charge on any atom is -0.343 e. The fourth-order valence-corrected chi connectivity index (χ4v) is 6.86. The number of fused-ring (bicyclic) bond motifs is 3. The second-order valence-corrected chi connectivity index (χ2v) is 10.1. The number of likely N-dealkylation sites (tertiary alicyclic amines) is 1. The van der Waals surface area contributed by atoms with E-state index in [2.05, 4.69) is 22.8 Å². The van der Waals surface area contributed by atoms with Crippen molar-refractivity contribution in [1.29, 1.82) is 0 Å². The van der Waals surface area contributed by atoms with Crippen LogP contribution in [-0.4, -0.2) is 72.3 Å². The van der Waals surface area contributed by atoms with Crippen molar-refractivity contribution in [1.82, 2.24) is 20.4 Å². The van der Waals surface area contributed by atoms with Crippen LogP contribution in [0.15, 0.2) is 30.3 Å². The quantitative estimate of drug-likeness (QED) is 0.699. The Hall–Kier alpha value is -2.41. The van der Waals surface area contributed by atoms with E-state index in [9.17, 15) is 14.4 Å². The van der Waals surface area contributed by atoms with E-state index >= 15 is 0 Å². The van der Waals surface area contributed by atoms with Crippen LogP contribution in [0.3, 0.4) is 0 Å². The highest BCUT2D eigenvalue weighted by atomic mass is 16.2. The highest BCUT2D eigenvalue weighted by molar-refractivity contribution is 5.96. The minimum absolute atomic E-state index is 0.0602. The second kappa shape index (κ2) is 8.18. The van der Waals surface area contributed by atoms with Gasteiger partial charge in [0.05, 0.1) is 6.04 Å². The van der Waals surface area contributed by atoms with Gasteiger partial charge in [0.1, 0.15) is 12.1 Å². The van der Waals surface area contributed by atoms with Crippen molar-refractivity contribution in [3.8, 4) is 0 Å². The normalized spacial score (nSPS) is 34.3. The van der Waals surface area contributed by atoms with Crippen LogP contribution in [-0.2, 0) is 20.8 Å². The zero-order valence-electron chi connectivity index (χ0n) is 19.0. The van der Waals surface area contributed by atoms with Gasteiger partial charge in [0.15, 0.2) is 0 Å². The van der Waals surface area contributed by atoms with Crippen LogP contribution < -0.4 is 10.6 Å². The number of carbonyl (C=O) groups excluding carboxylic acids is 3. The number of nitrogens with one attached hydrogen (secondary N) is 2. The van der Waals surface area contributed by atoms with Gasteiger partial charge in [0.2, 0.25) is 17.7 Å². The predicted octanol–water partition coefficient (Wildman–Crippen LogP) is 1.18. The zero-order valence-corrected chi connectivity index (χ0v) is 19.0. The molecule has 32 heavy (non-hydrogen) atoms. The average Bonchev–Trinajstić information content (AvgIpc) is 3.29. The third kappa shape index (κ3) is 3.24. The predicted molar refractivity (Wildman–Crippen MR) is 121 cm³/mol. The monoisotopic (exact) mass is 438 g/mol. The molecule has 0 aromatic heterocycles. The number of nitrogens with zero attached hydrogens (tertiary/aromatic N) is 2. The second-order valence-electron chi connectivity index (χ2n) is 10.1. The Labute approximate surface area is 189 Å². The summed E-state index contributed by atoms with van der Waals surface area (Å²) < 4.78 is 0. The molecule has 1 aromatic rings. The van der Waals surface area contributed by atoms with Crippen LogP contribution in [0.2, 0.25) is 0 Å². The molecular weight excluding hydrogens is 404 g/mol. The fourth-order valence-electron chi connectivity index (χ4n) is 6.86. The third-order valence-corrected chi connectivity index (χ3v) is 8.64. The van der Waals surface area contributed by atoms with Gasteiger partial charge in [-0.05, 0) is 44.7 Å². The molecule has 0 radical (unpaired) electrons. The molecule has 3 amide bonds. The van der Waals surface area contributed by atoms with Crippen LogP contribution in [0.4, 0.5) is 0 Å². The molecule has 3 heterocycles. The third-order valence-electron chi connectivity index (χ3n) is 8.64. The summed E-state index contributed by atoms with van der Waals surface area (Å²) in [6.45, 7) is 3.90. The van der Waals surface area contributed by atoms with Gasteiger partial charge in [-0.3, -0.25) is 14.4 Å². The molecule has 7 heteroatoms. The standard InChI is InChI=1S/C25H34N4O3/c1-16(26-2)22(30)27-20-18-10-6-7-12-25(18)15-29(23(20)31)21-19(25)14-28(24(21)32)13-11-17-8-4-3-5-9-17/h3-5,8-9,16,18-21,26H,6-7,10-15H2,1-2H3,(H,27,30)/t16-,18?,19-,20-,21-,25?/m0/s1. The number of hydrogen-bond acceptors (Lipinski definition) is 4. The van der Waals surface area contributed by atoms with Crippen molar-refractivity contribution >= 4 is 17.7 Å². The lowest BCUT2D eigenvalue weighted by atomic mass is 9.57. The first kappa shape index (κ1) is 21.4. The molecule has 1 spiro atoms.